The van der Waals surface area contributed by atoms with E-state index in [1.54, 1.807) is 41.6 Å². The molecular formula is C27H28N6O2. The highest BCUT2D eigenvalue weighted by Crippen LogP contribution is 2.33. The minimum Gasteiger partial charge on any atom is -0.507 e. The van der Waals surface area contributed by atoms with Crippen molar-refractivity contribution in [2.24, 2.45) is 0 Å². The maximum atomic E-state index is 13.9. The largest absolute Gasteiger partial charge is 0.507 e. The van der Waals surface area contributed by atoms with Crippen molar-refractivity contribution in [1.29, 1.82) is 0 Å². The lowest BCUT2D eigenvalue weighted by Gasteiger charge is -2.40. The van der Waals surface area contributed by atoms with Gasteiger partial charge < -0.3 is 14.6 Å². The Balaban J connectivity index is 1.52. The first kappa shape index (κ1) is 22.7. The van der Waals surface area contributed by atoms with E-state index in [2.05, 4.69) is 24.8 Å². The molecule has 1 aliphatic rings. The maximum Gasteiger partial charge on any atom is 0.259 e. The first-order chi connectivity index (χ1) is 17.1. The number of anilines is 1. The van der Waals surface area contributed by atoms with Crippen LogP contribution in [0.3, 0.4) is 0 Å². The summed E-state index contributed by atoms with van der Waals surface area (Å²) >= 11 is 0. The Labute approximate surface area is 204 Å². The van der Waals surface area contributed by atoms with Gasteiger partial charge in [-0.1, -0.05) is 12.1 Å². The Morgan fingerprint density at radius 2 is 1.74 bits per heavy atom. The average Bonchev–Trinajstić information content (AvgIpc) is 2.91. The fourth-order valence-electron chi connectivity index (χ4n) is 4.75. The molecule has 1 saturated heterocycles. The van der Waals surface area contributed by atoms with Gasteiger partial charge in [0.15, 0.2) is 0 Å². The van der Waals surface area contributed by atoms with Crippen molar-refractivity contribution in [3.63, 3.8) is 0 Å². The van der Waals surface area contributed by atoms with Gasteiger partial charge in [-0.05, 0) is 54.4 Å². The standard InChI is InChI=1S/C27H28N6O2/c1-20-17-23(34)25(27(35)33(20)19-21-5-4-9-29-18-21)26(22-7-11-28-12-8-22)32-15-13-31(14-16-32)24-6-2-3-10-30-24/h2-12,17-18,26,34H,13-16,19H2,1H3/t26-/m0/s1. The Bertz CT molecular complexity index is 1320. The predicted octanol–water partition coefficient (Wildman–Crippen LogP) is 3.01. The molecule has 8 nitrogen and oxygen atoms in total. The lowest BCUT2D eigenvalue weighted by molar-refractivity contribution is 0.207. The van der Waals surface area contributed by atoms with E-state index >= 15 is 0 Å². The topological polar surface area (TPSA) is 87.4 Å². The van der Waals surface area contributed by atoms with Crippen molar-refractivity contribution in [1.82, 2.24) is 24.4 Å². The van der Waals surface area contributed by atoms with Gasteiger partial charge in [0.05, 0.1) is 18.2 Å². The SMILES string of the molecule is Cc1cc(O)c([C@H](c2ccncc2)N2CCN(c3ccccn3)CC2)c(=O)n1Cc1cccnc1. The number of hydrogen-bond donors (Lipinski definition) is 1. The molecule has 1 N–H and O–H groups in total. The van der Waals surface area contributed by atoms with Gasteiger partial charge in [-0.2, -0.15) is 0 Å². The number of aromatic hydroxyl groups is 1. The first-order valence-corrected chi connectivity index (χ1v) is 11.7. The molecule has 0 saturated carbocycles. The van der Waals surface area contributed by atoms with Crippen LogP contribution in [0.25, 0.3) is 0 Å². The van der Waals surface area contributed by atoms with Gasteiger partial charge in [-0.3, -0.25) is 19.7 Å². The smallest absolute Gasteiger partial charge is 0.259 e. The Morgan fingerprint density at radius 3 is 2.43 bits per heavy atom. The maximum absolute atomic E-state index is 13.9. The summed E-state index contributed by atoms with van der Waals surface area (Å²) in [6.07, 6.45) is 8.73. The van der Waals surface area contributed by atoms with Crippen LogP contribution in [0.1, 0.15) is 28.4 Å². The summed E-state index contributed by atoms with van der Waals surface area (Å²) in [6, 6.07) is 14.8. The van der Waals surface area contributed by atoms with Gasteiger partial charge in [0.1, 0.15) is 11.6 Å². The van der Waals surface area contributed by atoms with Crippen molar-refractivity contribution in [3.8, 4) is 5.75 Å². The Morgan fingerprint density at radius 1 is 0.943 bits per heavy atom. The number of piperazine rings is 1. The molecule has 8 heteroatoms. The molecule has 4 aromatic heterocycles. The third-order valence-corrected chi connectivity index (χ3v) is 6.53. The van der Waals surface area contributed by atoms with Crippen LogP contribution >= 0.6 is 0 Å². The van der Waals surface area contributed by atoms with Crippen LogP contribution in [0.2, 0.25) is 0 Å². The van der Waals surface area contributed by atoms with Crippen LogP contribution in [-0.4, -0.2) is 55.7 Å². The molecule has 1 fully saturated rings. The minimum atomic E-state index is -0.392. The summed E-state index contributed by atoms with van der Waals surface area (Å²) in [5.41, 5.74) is 2.75. The van der Waals surface area contributed by atoms with Crippen molar-refractivity contribution >= 4 is 5.82 Å². The summed E-state index contributed by atoms with van der Waals surface area (Å²) in [5, 5.41) is 11.1. The van der Waals surface area contributed by atoms with Crippen LogP contribution < -0.4 is 10.5 Å². The number of pyridine rings is 4. The molecule has 1 aliphatic heterocycles. The second kappa shape index (κ2) is 10.1. The molecule has 1 atom stereocenters. The van der Waals surface area contributed by atoms with Crippen LogP contribution in [0.5, 0.6) is 5.75 Å². The van der Waals surface area contributed by atoms with E-state index in [0.29, 0.717) is 17.8 Å². The molecule has 4 aromatic rings. The fourth-order valence-corrected chi connectivity index (χ4v) is 4.75. The number of aromatic nitrogens is 4. The van der Waals surface area contributed by atoms with E-state index in [4.69, 9.17) is 0 Å². The van der Waals surface area contributed by atoms with E-state index in [1.807, 2.05) is 49.4 Å². The summed E-state index contributed by atoms with van der Waals surface area (Å²) in [6.45, 7) is 5.22. The van der Waals surface area contributed by atoms with Gasteiger partial charge in [-0.25, -0.2) is 4.98 Å². The Hall–Kier alpha value is -4.04. The highest BCUT2D eigenvalue weighted by Gasteiger charge is 2.31. The van der Waals surface area contributed by atoms with Crippen molar-refractivity contribution in [3.05, 3.63) is 112 Å². The molecule has 0 radical (unpaired) electrons. The van der Waals surface area contributed by atoms with E-state index in [1.165, 1.54) is 0 Å². The minimum absolute atomic E-state index is 0.0175. The summed E-state index contributed by atoms with van der Waals surface area (Å²) < 4.78 is 1.71. The van der Waals surface area contributed by atoms with Crippen molar-refractivity contribution < 1.29 is 5.11 Å². The van der Waals surface area contributed by atoms with Crippen molar-refractivity contribution in [2.45, 2.75) is 19.5 Å². The number of hydrogen-bond acceptors (Lipinski definition) is 7. The van der Waals surface area contributed by atoms with Crippen molar-refractivity contribution in [2.75, 3.05) is 31.1 Å². The normalized spacial score (nSPS) is 15.2. The van der Waals surface area contributed by atoms with Gasteiger partial charge in [0.25, 0.3) is 5.56 Å². The molecule has 0 bridgehead atoms. The van der Waals surface area contributed by atoms with Gasteiger partial charge in [0, 0.05) is 62.9 Å². The summed E-state index contributed by atoms with van der Waals surface area (Å²) in [4.78, 5) is 31.2. The molecule has 0 unspecified atom stereocenters. The number of rotatable bonds is 6. The van der Waals surface area contributed by atoms with E-state index in [9.17, 15) is 9.90 Å². The molecular weight excluding hydrogens is 440 g/mol. The van der Waals surface area contributed by atoms with Gasteiger partial charge in [-0.15, -0.1) is 0 Å². The summed E-state index contributed by atoms with van der Waals surface area (Å²) in [5.74, 6) is 0.966. The lowest BCUT2D eigenvalue weighted by Crippen LogP contribution is -2.49. The first-order valence-electron chi connectivity index (χ1n) is 11.7. The zero-order valence-corrected chi connectivity index (χ0v) is 19.7. The van der Waals surface area contributed by atoms with Gasteiger partial charge in [0.2, 0.25) is 0 Å². The molecule has 0 spiro atoms. The molecule has 178 valence electrons. The number of nitrogens with zero attached hydrogens (tertiary/aromatic N) is 6. The van der Waals surface area contributed by atoms with Crippen LogP contribution in [-0.2, 0) is 6.54 Å². The van der Waals surface area contributed by atoms with Crippen LogP contribution in [0.4, 0.5) is 5.82 Å². The summed E-state index contributed by atoms with van der Waals surface area (Å²) in [7, 11) is 0. The lowest BCUT2D eigenvalue weighted by atomic mass is 9.96. The molecule has 0 aromatic carbocycles. The fraction of sp³-hybridized carbons (Fsp3) is 0.259. The van der Waals surface area contributed by atoms with E-state index < -0.39 is 6.04 Å². The molecule has 0 amide bonds. The van der Waals surface area contributed by atoms with Crippen LogP contribution in [0, 0.1) is 6.92 Å². The zero-order chi connectivity index (χ0) is 24.2. The highest BCUT2D eigenvalue weighted by atomic mass is 16.3. The van der Waals surface area contributed by atoms with E-state index in [0.717, 1.165) is 43.1 Å². The van der Waals surface area contributed by atoms with Crippen LogP contribution in [0.15, 0.2) is 84.3 Å². The average molecular weight is 469 g/mol. The molecule has 5 heterocycles. The second-order valence-corrected chi connectivity index (χ2v) is 8.73. The zero-order valence-electron chi connectivity index (χ0n) is 19.7. The number of aryl methyl sites for hydroxylation is 1. The third kappa shape index (κ3) is 4.79. The monoisotopic (exact) mass is 468 g/mol. The highest BCUT2D eigenvalue weighted by molar-refractivity contribution is 5.42. The molecule has 35 heavy (non-hydrogen) atoms. The predicted molar refractivity (Wildman–Crippen MR) is 135 cm³/mol. The van der Waals surface area contributed by atoms with E-state index in [-0.39, 0.29) is 11.3 Å². The molecule has 0 aliphatic carbocycles. The quantitative estimate of drug-likeness (QED) is 0.465. The van der Waals surface area contributed by atoms with Gasteiger partial charge >= 0.3 is 0 Å². The molecule has 5 rings (SSSR count). The third-order valence-electron chi connectivity index (χ3n) is 6.53. The Kier molecular flexibility index (Phi) is 6.54. The second-order valence-electron chi connectivity index (χ2n) is 8.73.